The molecular weight excluding hydrogens is 246 g/mol. The van der Waals surface area contributed by atoms with E-state index < -0.39 is 0 Å². The summed E-state index contributed by atoms with van der Waals surface area (Å²) in [5.41, 5.74) is 4.62. The molecule has 0 saturated carbocycles. The van der Waals surface area contributed by atoms with Crippen LogP contribution in [0.5, 0.6) is 0 Å². The van der Waals surface area contributed by atoms with E-state index in [1.807, 2.05) is 6.07 Å². The molecule has 1 aromatic heterocycles. The fourth-order valence-corrected chi connectivity index (χ4v) is 2.36. The van der Waals surface area contributed by atoms with Crippen LogP contribution in [0.4, 0.5) is 0 Å². The van der Waals surface area contributed by atoms with Gasteiger partial charge in [0, 0.05) is 17.5 Å². The normalized spacial score (nSPS) is 11.1. The molecule has 0 aliphatic rings. The van der Waals surface area contributed by atoms with E-state index in [2.05, 4.69) is 61.6 Å². The van der Waals surface area contributed by atoms with Gasteiger partial charge >= 0.3 is 0 Å². The zero-order chi connectivity index (χ0) is 13.9. The molecule has 0 atom stereocenters. The maximum Gasteiger partial charge on any atom is 0.135 e. The van der Waals surface area contributed by atoms with Gasteiger partial charge in [-0.2, -0.15) is 0 Å². The second kappa shape index (κ2) is 5.51. The molecule has 0 aliphatic carbocycles. The van der Waals surface area contributed by atoms with E-state index in [4.69, 9.17) is 4.42 Å². The molecule has 2 aromatic carbocycles. The molecule has 2 heteroatoms. The first-order chi connectivity index (χ1) is 9.76. The molecule has 20 heavy (non-hydrogen) atoms. The summed E-state index contributed by atoms with van der Waals surface area (Å²) in [6, 6.07) is 16.9. The lowest BCUT2D eigenvalue weighted by Gasteiger charge is -2.02. The largest absolute Gasteiger partial charge is 0.456 e. The summed E-state index contributed by atoms with van der Waals surface area (Å²) in [6.07, 6.45) is 0. The van der Waals surface area contributed by atoms with Crippen LogP contribution in [-0.2, 0) is 6.54 Å². The fraction of sp³-hybridized carbons (Fsp3) is 0.222. The van der Waals surface area contributed by atoms with Gasteiger partial charge in [0.2, 0.25) is 0 Å². The highest BCUT2D eigenvalue weighted by molar-refractivity contribution is 5.83. The highest BCUT2D eigenvalue weighted by atomic mass is 16.3. The van der Waals surface area contributed by atoms with Crippen LogP contribution < -0.4 is 5.32 Å². The number of hydrogen-bond acceptors (Lipinski definition) is 2. The van der Waals surface area contributed by atoms with Gasteiger partial charge in [0.25, 0.3) is 0 Å². The molecule has 3 rings (SSSR count). The molecule has 1 N–H and O–H groups in total. The lowest BCUT2D eigenvalue weighted by Crippen LogP contribution is -2.11. The van der Waals surface area contributed by atoms with Crippen molar-refractivity contribution >= 4 is 11.0 Å². The Morgan fingerprint density at radius 2 is 1.80 bits per heavy atom. The number of hydrogen-bond donors (Lipinski definition) is 1. The van der Waals surface area contributed by atoms with Crippen molar-refractivity contribution in [2.75, 3.05) is 6.54 Å². The van der Waals surface area contributed by atoms with Crippen LogP contribution in [0.15, 0.2) is 52.9 Å². The van der Waals surface area contributed by atoms with E-state index in [1.54, 1.807) is 0 Å². The van der Waals surface area contributed by atoms with Crippen LogP contribution in [0, 0.1) is 6.92 Å². The first-order valence-corrected chi connectivity index (χ1v) is 7.06. The van der Waals surface area contributed by atoms with Gasteiger partial charge in [0.1, 0.15) is 11.3 Å². The molecule has 0 unspecified atom stereocenters. The van der Waals surface area contributed by atoms with E-state index in [0.717, 1.165) is 35.4 Å². The van der Waals surface area contributed by atoms with Gasteiger partial charge in [-0.15, -0.1) is 0 Å². The molecule has 1 heterocycles. The van der Waals surface area contributed by atoms with Gasteiger partial charge in [0.05, 0.1) is 0 Å². The number of rotatable bonds is 4. The summed E-state index contributed by atoms with van der Waals surface area (Å²) in [5.74, 6) is 0.931. The molecule has 0 bridgehead atoms. The summed E-state index contributed by atoms with van der Waals surface area (Å²) in [6.45, 7) is 6.12. The molecule has 0 aliphatic heterocycles. The van der Waals surface area contributed by atoms with Crippen molar-refractivity contribution in [1.82, 2.24) is 5.32 Å². The van der Waals surface area contributed by atoms with Gasteiger partial charge in [-0.3, -0.25) is 0 Å². The van der Waals surface area contributed by atoms with Gasteiger partial charge in [-0.1, -0.05) is 42.8 Å². The molecule has 0 amide bonds. The van der Waals surface area contributed by atoms with Crippen molar-refractivity contribution in [2.24, 2.45) is 0 Å². The zero-order valence-corrected chi connectivity index (χ0v) is 11.9. The number of aryl methyl sites for hydroxylation is 1. The topological polar surface area (TPSA) is 25.2 Å². The first kappa shape index (κ1) is 12.9. The standard InChI is InChI=1S/C18H19NO/c1-3-19-12-14-5-7-15(8-6-14)18-11-16-10-13(2)4-9-17(16)20-18/h4-11,19H,3,12H2,1-2H3. The minimum absolute atomic E-state index is 0.913. The number of nitrogens with one attached hydrogen (secondary N) is 1. The lowest BCUT2D eigenvalue weighted by molar-refractivity contribution is 0.631. The van der Waals surface area contributed by atoms with E-state index in [-0.39, 0.29) is 0 Å². The average Bonchev–Trinajstić information content (AvgIpc) is 2.88. The Hall–Kier alpha value is -2.06. The van der Waals surface area contributed by atoms with Crippen LogP contribution in [0.2, 0.25) is 0 Å². The number of fused-ring (bicyclic) bond motifs is 1. The molecule has 0 spiro atoms. The fourth-order valence-electron chi connectivity index (χ4n) is 2.36. The summed E-state index contributed by atoms with van der Waals surface area (Å²) >= 11 is 0. The molecular formula is C18H19NO. The summed E-state index contributed by atoms with van der Waals surface area (Å²) in [7, 11) is 0. The van der Waals surface area contributed by atoms with E-state index in [1.165, 1.54) is 11.1 Å². The highest BCUT2D eigenvalue weighted by Gasteiger charge is 2.06. The highest BCUT2D eigenvalue weighted by Crippen LogP contribution is 2.28. The predicted molar refractivity (Wildman–Crippen MR) is 83.8 cm³/mol. The Morgan fingerprint density at radius 3 is 2.55 bits per heavy atom. The third-order valence-corrected chi connectivity index (χ3v) is 3.49. The minimum atomic E-state index is 0.913. The second-order valence-corrected chi connectivity index (χ2v) is 5.13. The van der Waals surface area contributed by atoms with E-state index >= 15 is 0 Å². The van der Waals surface area contributed by atoms with Crippen LogP contribution >= 0.6 is 0 Å². The van der Waals surface area contributed by atoms with Crippen molar-refractivity contribution in [3.8, 4) is 11.3 Å². The average molecular weight is 265 g/mol. The van der Waals surface area contributed by atoms with Gasteiger partial charge in [-0.05, 0) is 37.2 Å². The SMILES string of the molecule is CCNCc1ccc(-c2cc3cc(C)ccc3o2)cc1. The third-order valence-electron chi connectivity index (χ3n) is 3.49. The Bertz CT molecular complexity index is 710. The van der Waals surface area contributed by atoms with Crippen LogP contribution in [0.25, 0.3) is 22.3 Å². The van der Waals surface area contributed by atoms with Crippen molar-refractivity contribution in [1.29, 1.82) is 0 Å². The van der Waals surface area contributed by atoms with Crippen LogP contribution in [0.1, 0.15) is 18.1 Å². The molecule has 2 nitrogen and oxygen atoms in total. The van der Waals surface area contributed by atoms with Gasteiger partial charge in [-0.25, -0.2) is 0 Å². The van der Waals surface area contributed by atoms with Crippen molar-refractivity contribution in [2.45, 2.75) is 20.4 Å². The minimum Gasteiger partial charge on any atom is -0.456 e. The Balaban J connectivity index is 1.90. The van der Waals surface area contributed by atoms with Crippen molar-refractivity contribution in [3.05, 3.63) is 59.7 Å². The maximum atomic E-state index is 5.91. The quantitative estimate of drug-likeness (QED) is 0.750. The molecule has 0 radical (unpaired) electrons. The summed E-state index contributed by atoms with van der Waals surface area (Å²) < 4.78 is 5.91. The Kier molecular flexibility index (Phi) is 3.57. The predicted octanol–water partition coefficient (Wildman–Crippen LogP) is 4.52. The smallest absolute Gasteiger partial charge is 0.135 e. The van der Waals surface area contributed by atoms with Crippen molar-refractivity contribution < 1.29 is 4.42 Å². The maximum absolute atomic E-state index is 5.91. The van der Waals surface area contributed by atoms with Gasteiger partial charge < -0.3 is 9.73 Å². The Labute approximate surface area is 119 Å². The monoisotopic (exact) mass is 265 g/mol. The first-order valence-electron chi connectivity index (χ1n) is 7.06. The molecule has 0 saturated heterocycles. The Morgan fingerprint density at radius 1 is 1.00 bits per heavy atom. The molecule has 102 valence electrons. The lowest BCUT2D eigenvalue weighted by atomic mass is 10.1. The van der Waals surface area contributed by atoms with E-state index in [0.29, 0.717) is 0 Å². The van der Waals surface area contributed by atoms with Crippen LogP contribution in [0.3, 0.4) is 0 Å². The number of furan rings is 1. The second-order valence-electron chi connectivity index (χ2n) is 5.13. The third kappa shape index (κ3) is 2.61. The summed E-state index contributed by atoms with van der Waals surface area (Å²) in [5, 5.41) is 4.49. The van der Waals surface area contributed by atoms with Gasteiger partial charge in [0.15, 0.2) is 0 Å². The van der Waals surface area contributed by atoms with Crippen LogP contribution in [-0.4, -0.2) is 6.54 Å². The number of benzene rings is 2. The molecule has 3 aromatic rings. The summed E-state index contributed by atoms with van der Waals surface area (Å²) in [4.78, 5) is 0. The van der Waals surface area contributed by atoms with E-state index in [9.17, 15) is 0 Å². The molecule has 0 fully saturated rings. The zero-order valence-electron chi connectivity index (χ0n) is 11.9. The van der Waals surface area contributed by atoms with Crippen molar-refractivity contribution in [3.63, 3.8) is 0 Å².